The van der Waals surface area contributed by atoms with E-state index in [4.69, 9.17) is 19.8 Å². The molecule has 2 N–H and O–H groups in total. The van der Waals surface area contributed by atoms with Gasteiger partial charge in [-0.3, -0.25) is 10.1 Å². The molecule has 38 heavy (non-hydrogen) atoms. The summed E-state index contributed by atoms with van der Waals surface area (Å²) in [6.07, 6.45) is 0. The third kappa shape index (κ3) is 5.00. The molecule has 0 unspecified atom stereocenters. The number of nitro groups is 1. The molecule has 0 radical (unpaired) electrons. The number of nitrogens with two attached hydrogens (primary N) is 1. The van der Waals surface area contributed by atoms with Crippen LogP contribution in [0.1, 0.15) is 22.3 Å². The van der Waals surface area contributed by atoms with Crippen LogP contribution in [-0.2, 0) is 19.8 Å². The highest BCUT2D eigenvalue weighted by Gasteiger charge is 2.21. The van der Waals surface area contributed by atoms with Gasteiger partial charge in [0.15, 0.2) is 0 Å². The van der Waals surface area contributed by atoms with E-state index in [1.165, 1.54) is 12.1 Å². The zero-order valence-electron chi connectivity index (χ0n) is 20.0. The van der Waals surface area contributed by atoms with Crippen molar-refractivity contribution in [2.24, 2.45) is 5.73 Å². The highest BCUT2D eigenvalue weighted by Crippen LogP contribution is 2.36. The van der Waals surface area contributed by atoms with Crippen molar-refractivity contribution in [3.8, 4) is 28.7 Å². The number of benzene rings is 4. The number of nitrogens with zero attached hydrogens (tertiary/aromatic N) is 4. The van der Waals surface area contributed by atoms with Gasteiger partial charge < -0.3 is 15.2 Å². The van der Waals surface area contributed by atoms with Crippen LogP contribution in [0, 0.1) is 21.4 Å². The molecular formula is C28H21N5O5. The van der Waals surface area contributed by atoms with Crippen molar-refractivity contribution in [3.05, 3.63) is 111 Å². The average molecular weight is 508 g/mol. The Morgan fingerprint density at radius 2 is 1.68 bits per heavy atom. The van der Waals surface area contributed by atoms with E-state index in [1.54, 1.807) is 18.2 Å². The molecule has 10 heteroatoms. The van der Waals surface area contributed by atoms with Crippen molar-refractivity contribution in [1.82, 2.24) is 10.3 Å². The van der Waals surface area contributed by atoms with Gasteiger partial charge in [0.2, 0.25) is 5.75 Å². The Bertz CT molecular complexity index is 1660. The zero-order chi connectivity index (χ0) is 26.5. The predicted octanol–water partition coefficient (Wildman–Crippen LogP) is 5.29. The molecule has 1 aromatic heterocycles. The van der Waals surface area contributed by atoms with Gasteiger partial charge in [-0.1, -0.05) is 54.6 Å². The van der Waals surface area contributed by atoms with Crippen LogP contribution in [0.15, 0.2) is 83.5 Å². The fourth-order valence-electron chi connectivity index (χ4n) is 4.09. The second-order valence-electron chi connectivity index (χ2n) is 8.37. The Hall–Kier alpha value is -5.27. The van der Waals surface area contributed by atoms with Crippen molar-refractivity contribution in [3.63, 3.8) is 0 Å². The minimum absolute atomic E-state index is 0.00681. The minimum Gasteiger partial charge on any atom is -0.488 e. The molecule has 0 fully saturated rings. The van der Waals surface area contributed by atoms with Gasteiger partial charge in [0.1, 0.15) is 36.1 Å². The molecule has 10 nitrogen and oxygen atoms in total. The lowest BCUT2D eigenvalue weighted by Gasteiger charge is -2.15. The Morgan fingerprint density at radius 1 is 0.895 bits per heavy atom. The molecule has 0 aliphatic heterocycles. The number of nitro benzene ring substituents is 1. The number of hydrogen-bond acceptors (Lipinski definition) is 9. The fourth-order valence-corrected chi connectivity index (χ4v) is 4.09. The van der Waals surface area contributed by atoms with Crippen molar-refractivity contribution < 1.29 is 19.0 Å². The molecular weight excluding hydrogens is 486 g/mol. The Kier molecular flexibility index (Phi) is 6.93. The summed E-state index contributed by atoms with van der Waals surface area (Å²) in [5, 5.41) is 29.3. The predicted molar refractivity (Wildman–Crippen MR) is 138 cm³/mol. The van der Waals surface area contributed by atoms with E-state index in [1.807, 2.05) is 48.5 Å². The summed E-state index contributed by atoms with van der Waals surface area (Å²) in [5.41, 5.74) is 10.8. The van der Waals surface area contributed by atoms with Gasteiger partial charge in [-0.2, -0.15) is 5.26 Å². The number of ether oxygens (including phenoxy) is 2. The van der Waals surface area contributed by atoms with Crippen LogP contribution >= 0.6 is 0 Å². The largest absolute Gasteiger partial charge is 0.488 e. The first-order chi connectivity index (χ1) is 18.6. The van der Waals surface area contributed by atoms with Crippen LogP contribution in [-0.4, -0.2) is 15.2 Å². The lowest BCUT2D eigenvalue weighted by molar-refractivity contribution is -0.386. The normalized spacial score (nSPS) is 10.7. The molecule has 188 valence electrons. The summed E-state index contributed by atoms with van der Waals surface area (Å²) in [6, 6.07) is 25.4. The van der Waals surface area contributed by atoms with E-state index in [0.717, 1.165) is 16.7 Å². The summed E-state index contributed by atoms with van der Waals surface area (Å²) in [7, 11) is 0. The quantitative estimate of drug-likeness (QED) is 0.207. The first-order valence-corrected chi connectivity index (χ1v) is 11.6. The topological polar surface area (TPSA) is 150 Å². The molecule has 1 heterocycles. The van der Waals surface area contributed by atoms with Gasteiger partial charge in [0, 0.05) is 29.8 Å². The van der Waals surface area contributed by atoms with E-state index in [-0.39, 0.29) is 31.2 Å². The van der Waals surface area contributed by atoms with Gasteiger partial charge in [-0.05, 0) is 39.1 Å². The molecule has 0 atom stereocenters. The van der Waals surface area contributed by atoms with Gasteiger partial charge in [-0.25, -0.2) is 4.63 Å². The van der Waals surface area contributed by atoms with E-state index >= 15 is 0 Å². The van der Waals surface area contributed by atoms with Crippen molar-refractivity contribution in [1.29, 1.82) is 5.26 Å². The van der Waals surface area contributed by atoms with Crippen molar-refractivity contribution >= 4 is 16.7 Å². The third-order valence-corrected chi connectivity index (χ3v) is 6.00. The Labute approximate surface area is 216 Å². The van der Waals surface area contributed by atoms with Crippen LogP contribution in [0.25, 0.3) is 22.2 Å². The van der Waals surface area contributed by atoms with E-state index < -0.39 is 4.92 Å². The van der Waals surface area contributed by atoms with Crippen LogP contribution in [0.3, 0.4) is 0 Å². The second kappa shape index (κ2) is 10.8. The first kappa shape index (κ1) is 24.4. The second-order valence-corrected chi connectivity index (χ2v) is 8.37. The highest BCUT2D eigenvalue weighted by molar-refractivity contribution is 5.74. The van der Waals surface area contributed by atoms with Crippen molar-refractivity contribution in [2.45, 2.75) is 19.8 Å². The molecule has 0 saturated heterocycles. The van der Waals surface area contributed by atoms with Crippen LogP contribution in [0.4, 0.5) is 5.69 Å². The fraction of sp³-hybridized carbons (Fsp3) is 0.107. The van der Waals surface area contributed by atoms with Gasteiger partial charge in [0.05, 0.1) is 10.5 Å². The monoisotopic (exact) mass is 507 g/mol. The lowest BCUT2D eigenvalue weighted by Crippen LogP contribution is -2.07. The zero-order valence-corrected chi connectivity index (χ0v) is 20.0. The smallest absolute Gasteiger partial charge is 0.311 e. The van der Waals surface area contributed by atoms with E-state index in [2.05, 4.69) is 16.4 Å². The van der Waals surface area contributed by atoms with Gasteiger partial charge >= 0.3 is 5.69 Å². The number of fused-ring (bicyclic) bond motifs is 1. The maximum Gasteiger partial charge on any atom is 0.311 e. The molecule has 4 aromatic carbocycles. The van der Waals surface area contributed by atoms with Gasteiger partial charge in [-0.15, -0.1) is 0 Å². The Morgan fingerprint density at radius 3 is 2.45 bits per heavy atom. The van der Waals surface area contributed by atoms with E-state index in [0.29, 0.717) is 33.5 Å². The number of aromatic nitrogens is 2. The lowest BCUT2D eigenvalue weighted by atomic mass is 9.96. The molecule has 0 aliphatic carbocycles. The molecule has 0 amide bonds. The Balaban J connectivity index is 1.42. The summed E-state index contributed by atoms with van der Waals surface area (Å²) in [6.45, 7) is 0.132. The van der Waals surface area contributed by atoms with Crippen LogP contribution < -0.4 is 15.2 Å². The molecule has 0 bridgehead atoms. The molecule has 0 saturated carbocycles. The molecule has 5 rings (SSSR count). The maximum atomic E-state index is 11.8. The SMILES string of the molecule is N#Cc1c(COc2cc(OCc3ccc4nonc4c3)c(CN)cc2[N+](=O)[O-])cccc1-c1ccccc1. The van der Waals surface area contributed by atoms with Crippen LogP contribution in [0.2, 0.25) is 0 Å². The van der Waals surface area contributed by atoms with Gasteiger partial charge in [0.25, 0.3) is 0 Å². The van der Waals surface area contributed by atoms with Crippen LogP contribution in [0.5, 0.6) is 11.5 Å². The summed E-state index contributed by atoms with van der Waals surface area (Å²) in [5.74, 6) is 0.359. The summed E-state index contributed by atoms with van der Waals surface area (Å²) >= 11 is 0. The third-order valence-electron chi connectivity index (χ3n) is 6.00. The van der Waals surface area contributed by atoms with E-state index in [9.17, 15) is 15.4 Å². The molecule has 0 aliphatic rings. The maximum absolute atomic E-state index is 11.8. The molecule has 5 aromatic rings. The number of rotatable bonds is 9. The number of hydrogen-bond donors (Lipinski definition) is 1. The minimum atomic E-state index is -0.532. The summed E-state index contributed by atoms with van der Waals surface area (Å²) in [4.78, 5) is 11.3. The highest BCUT2D eigenvalue weighted by atomic mass is 16.6. The number of nitriles is 1. The molecule has 0 spiro atoms. The van der Waals surface area contributed by atoms with Crippen molar-refractivity contribution in [2.75, 3.05) is 0 Å². The first-order valence-electron chi connectivity index (χ1n) is 11.6. The average Bonchev–Trinajstić information content (AvgIpc) is 3.43. The summed E-state index contributed by atoms with van der Waals surface area (Å²) < 4.78 is 16.6. The standard InChI is InChI=1S/C28H21N5O5/c29-14-21-12-26(33(34)35)28(13-27(21)36-16-18-9-10-24-25(11-18)32-38-31-24)37-17-20-7-4-8-22(23(20)15-30)19-5-2-1-3-6-19/h1-13H,14,16-17,29H2.